The van der Waals surface area contributed by atoms with Gasteiger partial charge in [0.05, 0.1) is 5.41 Å². The van der Waals surface area contributed by atoms with Crippen molar-refractivity contribution in [1.82, 2.24) is 10.2 Å². The molecular weight excluding hydrogens is 244 g/mol. The minimum atomic E-state index is -0.913. The summed E-state index contributed by atoms with van der Waals surface area (Å²) in [5, 5.41) is 12.3. The average Bonchev–Trinajstić information content (AvgIpc) is 3.21. The molecule has 0 aromatic carbocycles. The number of hydrogen-bond acceptors (Lipinski definition) is 3. The Morgan fingerprint density at radius 3 is 2.63 bits per heavy atom. The van der Waals surface area contributed by atoms with Crippen molar-refractivity contribution in [3.8, 4) is 0 Å². The molecule has 0 bridgehead atoms. The summed E-state index contributed by atoms with van der Waals surface area (Å²) in [5.41, 5.74) is -0.386. The van der Waals surface area contributed by atoms with Gasteiger partial charge in [-0.1, -0.05) is 6.92 Å². The van der Waals surface area contributed by atoms with E-state index >= 15 is 0 Å². The van der Waals surface area contributed by atoms with Crippen molar-refractivity contribution in [2.45, 2.75) is 39.0 Å². The number of carbonyl (C=O) groups is 2. The average molecular weight is 268 g/mol. The summed E-state index contributed by atoms with van der Waals surface area (Å²) in [6, 6.07) is 0. The van der Waals surface area contributed by atoms with Gasteiger partial charge in [0.2, 0.25) is 5.91 Å². The molecule has 1 heterocycles. The van der Waals surface area contributed by atoms with Gasteiger partial charge in [-0.05, 0) is 44.6 Å². The van der Waals surface area contributed by atoms with Gasteiger partial charge >= 0.3 is 5.97 Å². The lowest BCUT2D eigenvalue weighted by molar-refractivity contribution is -0.151. The van der Waals surface area contributed by atoms with Gasteiger partial charge in [0.25, 0.3) is 0 Å². The topological polar surface area (TPSA) is 69.6 Å². The summed E-state index contributed by atoms with van der Waals surface area (Å²) < 4.78 is 0. The number of nitrogens with zero attached hydrogens (tertiary/aromatic N) is 1. The van der Waals surface area contributed by atoms with E-state index in [9.17, 15) is 9.59 Å². The summed E-state index contributed by atoms with van der Waals surface area (Å²) in [6.45, 7) is 4.13. The van der Waals surface area contributed by atoms with E-state index in [1.54, 1.807) is 4.90 Å². The number of amides is 1. The zero-order valence-electron chi connectivity index (χ0n) is 11.7. The first-order valence-electron chi connectivity index (χ1n) is 7.29. The van der Waals surface area contributed by atoms with Crippen LogP contribution in [0, 0.1) is 11.3 Å². The van der Waals surface area contributed by atoms with Gasteiger partial charge in [0, 0.05) is 13.1 Å². The first-order chi connectivity index (χ1) is 9.07. The number of carboxylic acid groups (broad SMARTS) is 1. The second kappa shape index (κ2) is 5.90. The Balaban J connectivity index is 2.08. The summed E-state index contributed by atoms with van der Waals surface area (Å²) in [4.78, 5) is 25.3. The second-order valence-electron chi connectivity index (χ2n) is 5.94. The van der Waals surface area contributed by atoms with E-state index in [4.69, 9.17) is 5.11 Å². The molecule has 1 saturated heterocycles. The summed E-state index contributed by atoms with van der Waals surface area (Å²) in [5.74, 6) is -0.353. The van der Waals surface area contributed by atoms with Crippen LogP contribution in [0.25, 0.3) is 0 Å². The highest BCUT2D eigenvalue weighted by Gasteiger charge is 2.42. The van der Waals surface area contributed by atoms with Crippen molar-refractivity contribution in [2.75, 3.05) is 26.2 Å². The SMILES string of the molecule is CCC1(C(=O)N(CC(=O)O)CC2CC2)CCCNC1. The van der Waals surface area contributed by atoms with Crippen molar-refractivity contribution < 1.29 is 14.7 Å². The minimum Gasteiger partial charge on any atom is -0.480 e. The monoisotopic (exact) mass is 268 g/mol. The third-order valence-corrected chi connectivity index (χ3v) is 4.39. The Morgan fingerprint density at radius 1 is 1.42 bits per heavy atom. The lowest BCUT2D eigenvalue weighted by Gasteiger charge is -2.39. The van der Waals surface area contributed by atoms with Crippen LogP contribution in [0.4, 0.5) is 0 Å². The van der Waals surface area contributed by atoms with E-state index in [-0.39, 0.29) is 17.9 Å². The van der Waals surface area contributed by atoms with Gasteiger partial charge in [-0.25, -0.2) is 0 Å². The first-order valence-corrected chi connectivity index (χ1v) is 7.29. The molecule has 1 amide bonds. The molecule has 5 nitrogen and oxygen atoms in total. The molecule has 0 aromatic heterocycles. The maximum Gasteiger partial charge on any atom is 0.323 e. The highest BCUT2D eigenvalue weighted by atomic mass is 16.4. The lowest BCUT2D eigenvalue weighted by atomic mass is 9.77. The summed E-state index contributed by atoms with van der Waals surface area (Å²) in [7, 11) is 0. The first kappa shape index (κ1) is 14.3. The molecule has 1 saturated carbocycles. The fourth-order valence-electron chi connectivity index (χ4n) is 2.93. The number of carboxylic acids is 1. The van der Waals surface area contributed by atoms with Gasteiger partial charge in [-0.2, -0.15) is 0 Å². The van der Waals surface area contributed by atoms with Gasteiger partial charge in [-0.15, -0.1) is 0 Å². The largest absolute Gasteiger partial charge is 0.480 e. The number of nitrogens with one attached hydrogen (secondary N) is 1. The number of rotatable bonds is 6. The molecule has 2 N–H and O–H groups in total. The van der Waals surface area contributed by atoms with Gasteiger partial charge in [-0.3, -0.25) is 9.59 Å². The normalized spacial score (nSPS) is 27.0. The maximum absolute atomic E-state index is 12.8. The van der Waals surface area contributed by atoms with Crippen LogP contribution >= 0.6 is 0 Å². The van der Waals surface area contributed by atoms with Crippen molar-refractivity contribution >= 4 is 11.9 Å². The third kappa shape index (κ3) is 3.47. The zero-order chi connectivity index (χ0) is 13.9. The van der Waals surface area contributed by atoms with Gasteiger partial charge in [0.15, 0.2) is 0 Å². The van der Waals surface area contributed by atoms with E-state index in [0.29, 0.717) is 19.0 Å². The van der Waals surface area contributed by atoms with Crippen LogP contribution in [0.5, 0.6) is 0 Å². The minimum absolute atomic E-state index is 0.0384. The van der Waals surface area contributed by atoms with Crippen LogP contribution in [-0.4, -0.2) is 48.1 Å². The summed E-state index contributed by atoms with van der Waals surface area (Å²) in [6.07, 6.45) is 4.89. The van der Waals surface area contributed by atoms with Crippen LogP contribution < -0.4 is 5.32 Å². The highest BCUT2D eigenvalue weighted by Crippen LogP contribution is 2.35. The standard InChI is InChI=1S/C14H24N2O3/c1-2-14(6-3-7-15-10-14)13(19)16(9-12(17)18)8-11-4-5-11/h11,15H,2-10H2,1H3,(H,17,18). The molecule has 0 spiro atoms. The molecule has 0 aromatic rings. The molecule has 2 rings (SSSR count). The third-order valence-electron chi connectivity index (χ3n) is 4.39. The molecule has 1 atom stereocenters. The van der Waals surface area contributed by atoms with Crippen LogP contribution in [0.15, 0.2) is 0 Å². The number of aliphatic carboxylic acids is 1. The maximum atomic E-state index is 12.8. The predicted octanol–water partition coefficient (Wildman–Crippen LogP) is 1.09. The van der Waals surface area contributed by atoms with Crippen LogP contribution in [0.2, 0.25) is 0 Å². The lowest BCUT2D eigenvalue weighted by Crippen LogP contribution is -2.53. The van der Waals surface area contributed by atoms with E-state index in [1.165, 1.54) is 0 Å². The number of carbonyl (C=O) groups excluding carboxylic acids is 1. The Labute approximate surface area is 114 Å². The van der Waals surface area contributed by atoms with Gasteiger partial charge < -0.3 is 15.3 Å². The van der Waals surface area contributed by atoms with Gasteiger partial charge in [0.1, 0.15) is 6.54 Å². The van der Waals surface area contributed by atoms with Crippen molar-refractivity contribution in [3.05, 3.63) is 0 Å². The predicted molar refractivity (Wildman–Crippen MR) is 71.8 cm³/mol. The fourth-order valence-corrected chi connectivity index (χ4v) is 2.93. The van der Waals surface area contributed by atoms with E-state index in [1.807, 2.05) is 6.92 Å². The molecule has 0 radical (unpaired) electrons. The van der Waals surface area contributed by atoms with E-state index in [0.717, 1.165) is 38.6 Å². The molecule has 19 heavy (non-hydrogen) atoms. The quantitative estimate of drug-likeness (QED) is 0.756. The summed E-state index contributed by atoms with van der Waals surface area (Å²) >= 11 is 0. The Kier molecular flexibility index (Phi) is 4.45. The molecular formula is C14H24N2O3. The van der Waals surface area contributed by atoms with Crippen LogP contribution in [0.3, 0.4) is 0 Å². The molecule has 5 heteroatoms. The Bertz CT molecular complexity index is 347. The Hall–Kier alpha value is -1.10. The molecule has 1 aliphatic carbocycles. The van der Waals surface area contributed by atoms with Crippen molar-refractivity contribution in [1.29, 1.82) is 0 Å². The second-order valence-corrected chi connectivity index (χ2v) is 5.94. The van der Waals surface area contributed by atoms with E-state index < -0.39 is 5.97 Å². The number of hydrogen-bond donors (Lipinski definition) is 2. The zero-order valence-corrected chi connectivity index (χ0v) is 11.7. The number of piperidine rings is 1. The van der Waals surface area contributed by atoms with Crippen LogP contribution in [-0.2, 0) is 9.59 Å². The van der Waals surface area contributed by atoms with Crippen molar-refractivity contribution in [3.63, 3.8) is 0 Å². The Morgan fingerprint density at radius 2 is 2.16 bits per heavy atom. The molecule has 1 unspecified atom stereocenters. The molecule has 2 aliphatic rings. The smallest absolute Gasteiger partial charge is 0.323 e. The molecule has 108 valence electrons. The van der Waals surface area contributed by atoms with Crippen molar-refractivity contribution in [2.24, 2.45) is 11.3 Å². The highest BCUT2D eigenvalue weighted by molar-refractivity contribution is 5.86. The molecule has 1 aliphatic heterocycles. The fraction of sp³-hybridized carbons (Fsp3) is 0.857. The van der Waals surface area contributed by atoms with E-state index in [2.05, 4.69) is 5.32 Å². The molecule has 2 fully saturated rings. The van der Waals surface area contributed by atoms with Crippen LogP contribution in [0.1, 0.15) is 39.0 Å².